The number of rotatable bonds is 4. The van der Waals surface area contributed by atoms with Gasteiger partial charge in [0.2, 0.25) is 0 Å². The molecule has 0 spiro atoms. The second kappa shape index (κ2) is 6.92. The fraction of sp³-hybridized carbons (Fsp3) is 0.571. The number of hydrogen-bond acceptors (Lipinski definition) is 3. The number of hydrogen-bond donors (Lipinski definition) is 1. The minimum Gasteiger partial charge on any atom is -0.496 e. The summed E-state index contributed by atoms with van der Waals surface area (Å²) in [4.78, 5) is 0. The van der Waals surface area contributed by atoms with Gasteiger partial charge < -0.3 is 10.1 Å². The van der Waals surface area contributed by atoms with Crippen LogP contribution in [0.2, 0.25) is 0 Å². The van der Waals surface area contributed by atoms with Gasteiger partial charge in [-0.1, -0.05) is 18.2 Å². The predicted octanol–water partition coefficient (Wildman–Crippen LogP) is 3.07. The lowest BCUT2D eigenvalue weighted by Gasteiger charge is -2.14. The first kappa shape index (κ1) is 12.8. The summed E-state index contributed by atoms with van der Waals surface area (Å²) in [5, 5.41) is 4.26. The normalized spacial score (nSPS) is 20.9. The molecule has 0 amide bonds. The molecule has 1 unspecified atom stereocenters. The fourth-order valence-electron chi connectivity index (χ4n) is 2.18. The molecule has 2 rings (SSSR count). The minimum atomic E-state index is 0.801. The molecule has 0 aliphatic carbocycles. The van der Waals surface area contributed by atoms with E-state index in [1.54, 1.807) is 7.11 Å². The topological polar surface area (TPSA) is 21.3 Å². The molecule has 94 valence electrons. The fourth-order valence-corrected chi connectivity index (χ4v) is 3.46. The van der Waals surface area contributed by atoms with Gasteiger partial charge in [-0.25, -0.2) is 0 Å². The van der Waals surface area contributed by atoms with Crippen LogP contribution >= 0.6 is 11.8 Å². The zero-order valence-corrected chi connectivity index (χ0v) is 11.3. The van der Waals surface area contributed by atoms with E-state index in [9.17, 15) is 0 Å². The highest BCUT2D eigenvalue weighted by atomic mass is 32.2. The summed E-state index contributed by atoms with van der Waals surface area (Å²) in [5.74, 6) is 2.08. The van der Waals surface area contributed by atoms with Crippen LogP contribution in [0.25, 0.3) is 0 Å². The Balaban J connectivity index is 1.87. The Kier molecular flexibility index (Phi) is 5.20. The second-order valence-electron chi connectivity index (χ2n) is 4.43. The van der Waals surface area contributed by atoms with Crippen molar-refractivity contribution < 1.29 is 4.74 Å². The average Bonchev–Trinajstić information content (AvgIpc) is 2.65. The molecule has 0 saturated carbocycles. The number of nitrogens with one attached hydrogen (secondary N) is 1. The molecule has 1 fully saturated rings. The van der Waals surface area contributed by atoms with Crippen molar-refractivity contribution in [2.75, 3.05) is 20.2 Å². The van der Waals surface area contributed by atoms with Crippen molar-refractivity contribution in [3.05, 3.63) is 29.8 Å². The Morgan fingerprint density at radius 1 is 1.29 bits per heavy atom. The molecule has 0 bridgehead atoms. The van der Waals surface area contributed by atoms with Crippen LogP contribution in [0.5, 0.6) is 5.75 Å². The number of methoxy groups -OCH3 is 1. The summed E-state index contributed by atoms with van der Waals surface area (Å²) in [6.45, 7) is 2.36. The standard InChI is InChI=1S/C14H21NOS/c1-16-14-7-3-2-5-12(14)11-17-13-6-4-9-15-10-8-13/h2-3,5,7,13,15H,4,6,8-11H2,1H3. The molecule has 1 aliphatic heterocycles. The summed E-state index contributed by atoms with van der Waals surface area (Å²) in [6.07, 6.45) is 3.94. The molecule has 1 atom stereocenters. The van der Waals surface area contributed by atoms with Gasteiger partial charge in [0.05, 0.1) is 7.11 Å². The average molecular weight is 251 g/mol. The smallest absolute Gasteiger partial charge is 0.122 e. The van der Waals surface area contributed by atoms with Crippen molar-refractivity contribution in [3.8, 4) is 5.75 Å². The van der Waals surface area contributed by atoms with Gasteiger partial charge in [-0.2, -0.15) is 11.8 Å². The van der Waals surface area contributed by atoms with Crippen LogP contribution in [0.3, 0.4) is 0 Å². The van der Waals surface area contributed by atoms with Gasteiger partial charge in [0, 0.05) is 16.6 Å². The Morgan fingerprint density at radius 3 is 3.06 bits per heavy atom. The van der Waals surface area contributed by atoms with E-state index >= 15 is 0 Å². The highest BCUT2D eigenvalue weighted by Gasteiger charge is 2.13. The lowest BCUT2D eigenvalue weighted by Crippen LogP contribution is -2.14. The zero-order chi connectivity index (χ0) is 11.9. The van der Waals surface area contributed by atoms with E-state index in [2.05, 4.69) is 29.2 Å². The van der Waals surface area contributed by atoms with Crippen LogP contribution < -0.4 is 10.1 Å². The van der Waals surface area contributed by atoms with Crippen molar-refractivity contribution in [3.63, 3.8) is 0 Å². The Morgan fingerprint density at radius 2 is 2.18 bits per heavy atom. The van der Waals surface area contributed by atoms with Gasteiger partial charge in [0.25, 0.3) is 0 Å². The van der Waals surface area contributed by atoms with Gasteiger partial charge in [-0.05, 0) is 38.4 Å². The molecule has 1 aliphatic rings. The lowest BCUT2D eigenvalue weighted by molar-refractivity contribution is 0.411. The predicted molar refractivity (Wildman–Crippen MR) is 74.8 cm³/mol. The summed E-state index contributed by atoms with van der Waals surface area (Å²) < 4.78 is 5.38. The Hall–Kier alpha value is -0.670. The Bertz CT molecular complexity index is 335. The molecule has 3 heteroatoms. The van der Waals surface area contributed by atoms with Crippen molar-refractivity contribution in [1.82, 2.24) is 5.32 Å². The van der Waals surface area contributed by atoms with Crippen LogP contribution in [0.4, 0.5) is 0 Å². The van der Waals surface area contributed by atoms with Gasteiger partial charge in [0.15, 0.2) is 0 Å². The summed E-state index contributed by atoms with van der Waals surface area (Å²) in [7, 11) is 1.75. The van der Waals surface area contributed by atoms with Gasteiger partial charge >= 0.3 is 0 Å². The van der Waals surface area contributed by atoms with E-state index in [1.165, 1.54) is 37.9 Å². The number of ether oxygens (including phenoxy) is 1. The summed E-state index contributed by atoms with van der Waals surface area (Å²) >= 11 is 2.07. The van der Waals surface area contributed by atoms with E-state index in [4.69, 9.17) is 4.74 Å². The van der Waals surface area contributed by atoms with Crippen molar-refractivity contribution >= 4 is 11.8 Å². The maximum absolute atomic E-state index is 5.38. The van der Waals surface area contributed by atoms with Crippen molar-refractivity contribution in [2.24, 2.45) is 0 Å². The maximum atomic E-state index is 5.38. The van der Waals surface area contributed by atoms with Gasteiger partial charge in [-0.3, -0.25) is 0 Å². The quantitative estimate of drug-likeness (QED) is 0.888. The van der Waals surface area contributed by atoms with E-state index < -0.39 is 0 Å². The third-order valence-corrected chi connectivity index (χ3v) is 4.61. The van der Waals surface area contributed by atoms with Gasteiger partial charge in [0.1, 0.15) is 5.75 Å². The van der Waals surface area contributed by atoms with E-state index in [1.807, 2.05) is 12.1 Å². The molecular weight excluding hydrogens is 230 g/mol. The molecule has 1 aromatic carbocycles. The molecule has 1 heterocycles. The van der Waals surface area contributed by atoms with Crippen LogP contribution in [0, 0.1) is 0 Å². The molecule has 0 radical (unpaired) electrons. The Labute approximate surface area is 108 Å². The molecule has 17 heavy (non-hydrogen) atoms. The summed E-state index contributed by atoms with van der Waals surface area (Å²) in [5.41, 5.74) is 1.32. The molecule has 1 aromatic rings. The monoisotopic (exact) mass is 251 g/mol. The minimum absolute atomic E-state index is 0.801. The van der Waals surface area contributed by atoms with Crippen LogP contribution in [0.15, 0.2) is 24.3 Å². The highest BCUT2D eigenvalue weighted by molar-refractivity contribution is 7.99. The molecular formula is C14H21NOS. The number of thioether (sulfide) groups is 1. The van der Waals surface area contributed by atoms with Gasteiger partial charge in [-0.15, -0.1) is 0 Å². The largest absolute Gasteiger partial charge is 0.496 e. The highest BCUT2D eigenvalue weighted by Crippen LogP contribution is 2.28. The zero-order valence-electron chi connectivity index (χ0n) is 10.4. The number of para-hydroxylation sites is 1. The second-order valence-corrected chi connectivity index (χ2v) is 5.71. The molecule has 0 aromatic heterocycles. The number of benzene rings is 1. The third-order valence-electron chi connectivity index (χ3n) is 3.19. The summed E-state index contributed by atoms with van der Waals surface area (Å²) in [6, 6.07) is 8.33. The third kappa shape index (κ3) is 3.93. The van der Waals surface area contributed by atoms with Crippen LogP contribution in [-0.2, 0) is 5.75 Å². The van der Waals surface area contributed by atoms with Crippen molar-refractivity contribution in [1.29, 1.82) is 0 Å². The first-order chi connectivity index (χ1) is 8.40. The first-order valence-corrected chi connectivity index (χ1v) is 7.39. The van der Waals surface area contributed by atoms with Crippen LogP contribution in [0.1, 0.15) is 24.8 Å². The van der Waals surface area contributed by atoms with Crippen LogP contribution in [-0.4, -0.2) is 25.4 Å². The lowest BCUT2D eigenvalue weighted by atomic mass is 10.2. The maximum Gasteiger partial charge on any atom is 0.122 e. The van der Waals surface area contributed by atoms with E-state index in [-0.39, 0.29) is 0 Å². The molecule has 1 N–H and O–H groups in total. The first-order valence-electron chi connectivity index (χ1n) is 6.34. The van der Waals surface area contributed by atoms with E-state index in [0.717, 1.165) is 16.8 Å². The molecule has 1 saturated heterocycles. The van der Waals surface area contributed by atoms with E-state index in [0.29, 0.717) is 0 Å². The SMILES string of the molecule is COc1ccccc1CSC1CCCNCC1. The van der Waals surface area contributed by atoms with Crippen molar-refractivity contribution in [2.45, 2.75) is 30.3 Å². The molecule has 2 nitrogen and oxygen atoms in total.